The third-order valence-electron chi connectivity index (χ3n) is 3.27. The Hall–Kier alpha value is -2.41. The quantitative estimate of drug-likeness (QED) is 0.773. The second-order valence-electron chi connectivity index (χ2n) is 4.95. The molecule has 8 heteroatoms. The number of esters is 2. The summed E-state index contributed by atoms with van der Waals surface area (Å²) in [5.41, 5.74) is 0.765. The highest BCUT2D eigenvalue weighted by atomic mass is 35.5. The molecule has 0 spiro atoms. The molecule has 1 saturated heterocycles. The first-order chi connectivity index (χ1) is 11.1. The van der Waals surface area contributed by atoms with E-state index in [0.717, 1.165) is 5.56 Å². The van der Waals surface area contributed by atoms with E-state index in [4.69, 9.17) is 25.6 Å². The van der Waals surface area contributed by atoms with Gasteiger partial charge in [-0.15, -0.1) is 0 Å². The predicted octanol–water partition coefficient (Wildman–Crippen LogP) is 2.18. The first kappa shape index (κ1) is 15.5. The van der Waals surface area contributed by atoms with Gasteiger partial charge in [-0.3, -0.25) is 4.79 Å². The lowest BCUT2D eigenvalue weighted by Crippen LogP contribution is -2.22. The van der Waals surface area contributed by atoms with Crippen molar-refractivity contribution in [1.29, 1.82) is 0 Å². The van der Waals surface area contributed by atoms with Crippen molar-refractivity contribution in [2.24, 2.45) is 0 Å². The SMILES string of the molecule is O=C(CCc1nc(-c2ccc(Cl)cc2)no1)O[C@H]1CCOC1=O. The molecule has 2 heterocycles. The Balaban J connectivity index is 1.53. The minimum atomic E-state index is -0.796. The van der Waals surface area contributed by atoms with Gasteiger partial charge in [0, 0.05) is 23.4 Å². The van der Waals surface area contributed by atoms with Crippen LogP contribution in [0, 0.1) is 0 Å². The molecular formula is C15H13ClN2O5. The number of aromatic nitrogens is 2. The summed E-state index contributed by atoms with van der Waals surface area (Å²) in [5.74, 6) is -0.258. The zero-order valence-electron chi connectivity index (χ0n) is 12.0. The Labute approximate surface area is 136 Å². The number of cyclic esters (lactones) is 1. The van der Waals surface area contributed by atoms with Crippen molar-refractivity contribution >= 4 is 23.5 Å². The molecule has 1 aromatic heterocycles. The largest absolute Gasteiger partial charge is 0.463 e. The van der Waals surface area contributed by atoms with Crippen molar-refractivity contribution in [2.75, 3.05) is 6.61 Å². The van der Waals surface area contributed by atoms with Crippen LogP contribution in [0.25, 0.3) is 11.4 Å². The lowest BCUT2D eigenvalue weighted by Gasteiger charge is -2.06. The van der Waals surface area contributed by atoms with E-state index in [1.807, 2.05) is 0 Å². The van der Waals surface area contributed by atoms with Crippen LogP contribution in [0.4, 0.5) is 0 Å². The third-order valence-corrected chi connectivity index (χ3v) is 3.53. The molecule has 1 atom stereocenters. The highest BCUT2D eigenvalue weighted by Crippen LogP contribution is 2.19. The molecule has 1 aliphatic rings. The van der Waals surface area contributed by atoms with E-state index in [9.17, 15) is 9.59 Å². The first-order valence-electron chi connectivity index (χ1n) is 7.06. The van der Waals surface area contributed by atoms with Gasteiger partial charge < -0.3 is 14.0 Å². The van der Waals surface area contributed by atoms with Crippen molar-refractivity contribution < 1.29 is 23.6 Å². The third kappa shape index (κ3) is 3.87. The van der Waals surface area contributed by atoms with Gasteiger partial charge in [-0.2, -0.15) is 4.98 Å². The normalized spacial score (nSPS) is 17.1. The molecule has 1 aromatic carbocycles. The second kappa shape index (κ2) is 6.78. The van der Waals surface area contributed by atoms with E-state index in [1.54, 1.807) is 24.3 Å². The molecule has 120 valence electrons. The van der Waals surface area contributed by atoms with Crippen LogP contribution in [0.1, 0.15) is 18.7 Å². The van der Waals surface area contributed by atoms with Crippen LogP contribution in [-0.4, -0.2) is 34.8 Å². The summed E-state index contributed by atoms with van der Waals surface area (Å²) in [6.07, 6.45) is -0.117. The van der Waals surface area contributed by atoms with Gasteiger partial charge in [-0.05, 0) is 24.3 Å². The zero-order valence-corrected chi connectivity index (χ0v) is 12.8. The van der Waals surface area contributed by atoms with Gasteiger partial charge in [-0.1, -0.05) is 16.8 Å². The zero-order chi connectivity index (χ0) is 16.2. The van der Waals surface area contributed by atoms with Crippen LogP contribution in [0.5, 0.6) is 0 Å². The summed E-state index contributed by atoms with van der Waals surface area (Å²) in [5, 5.41) is 4.47. The fourth-order valence-corrected chi connectivity index (χ4v) is 2.21. The molecule has 1 fully saturated rings. The van der Waals surface area contributed by atoms with Crippen molar-refractivity contribution in [2.45, 2.75) is 25.4 Å². The summed E-state index contributed by atoms with van der Waals surface area (Å²) in [4.78, 5) is 27.1. The van der Waals surface area contributed by atoms with Gasteiger partial charge in [0.15, 0.2) is 0 Å². The number of hydrogen-bond donors (Lipinski definition) is 0. The number of hydrogen-bond acceptors (Lipinski definition) is 7. The molecule has 0 saturated carbocycles. The summed E-state index contributed by atoms with van der Waals surface area (Å²) >= 11 is 5.82. The molecule has 7 nitrogen and oxygen atoms in total. The van der Waals surface area contributed by atoms with Crippen LogP contribution in [0.3, 0.4) is 0 Å². The smallest absolute Gasteiger partial charge is 0.347 e. The van der Waals surface area contributed by atoms with Gasteiger partial charge in [-0.25, -0.2) is 4.79 Å². The van der Waals surface area contributed by atoms with E-state index in [0.29, 0.717) is 23.2 Å². The molecule has 0 bridgehead atoms. The number of carbonyl (C=O) groups excluding carboxylic acids is 2. The number of aryl methyl sites for hydroxylation is 1. The van der Waals surface area contributed by atoms with Crippen molar-refractivity contribution in [3.05, 3.63) is 35.2 Å². The number of nitrogens with zero attached hydrogens (tertiary/aromatic N) is 2. The van der Waals surface area contributed by atoms with Gasteiger partial charge in [0.2, 0.25) is 17.8 Å². The lowest BCUT2D eigenvalue weighted by molar-refractivity contribution is -0.160. The molecule has 0 unspecified atom stereocenters. The number of ether oxygens (including phenoxy) is 2. The monoisotopic (exact) mass is 336 g/mol. The molecule has 2 aromatic rings. The minimum Gasteiger partial charge on any atom is -0.463 e. The van der Waals surface area contributed by atoms with Gasteiger partial charge in [0.1, 0.15) is 0 Å². The van der Waals surface area contributed by atoms with E-state index in [-0.39, 0.29) is 19.4 Å². The van der Waals surface area contributed by atoms with E-state index >= 15 is 0 Å². The summed E-state index contributed by atoms with van der Waals surface area (Å²) in [6.45, 7) is 0.283. The van der Waals surface area contributed by atoms with Crippen molar-refractivity contribution in [3.8, 4) is 11.4 Å². The molecule has 3 rings (SSSR count). The summed E-state index contributed by atoms with van der Waals surface area (Å²) in [6, 6.07) is 7.00. The molecule has 0 amide bonds. The highest BCUT2D eigenvalue weighted by Gasteiger charge is 2.30. The Morgan fingerprint density at radius 3 is 2.83 bits per heavy atom. The number of halogens is 1. The minimum absolute atomic E-state index is 0.0476. The van der Waals surface area contributed by atoms with E-state index in [1.165, 1.54) is 0 Å². The van der Waals surface area contributed by atoms with Gasteiger partial charge in [0.25, 0.3) is 0 Å². The van der Waals surface area contributed by atoms with Crippen LogP contribution >= 0.6 is 11.6 Å². The van der Waals surface area contributed by atoms with Crippen LogP contribution < -0.4 is 0 Å². The fraction of sp³-hybridized carbons (Fsp3) is 0.333. The first-order valence-corrected chi connectivity index (χ1v) is 7.44. The fourth-order valence-electron chi connectivity index (χ4n) is 2.08. The maximum Gasteiger partial charge on any atom is 0.347 e. The van der Waals surface area contributed by atoms with Crippen LogP contribution in [0.2, 0.25) is 5.02 Å². The Kier molecular flexibility index (Phi) is 4.57. The Morgan fingerprint density at radius 1 is 1.35 bits per heavy atom. The van der Waals surface area contributed by atoms with E-state index in [2.05, 4.69) is 10.1 Å². The van der Waals surface area contributed by atoms with Gasteiger partial charge in [0.05, 0.1) is 13.0 Å². The average molecular weight is 337 g/mol. The number of benzene rings is 1. The molecule has 0 aliphatic carbocycles. The Morgan fingerprint density at radius 2 is 2.13 bits per heavy atom. The number of carbonyl (C=O) groups is 2. The van der Waals surface area contributed by atoms with Crippen molar-refractivity contribution in [3.63, 3.8) is 0 Å². The maximum atomic E-state index is 11.7. The highest BCUT2D eigenvalue weighted by molar-refractivity contribution is 6.30. The molecule has 0 N–H and O–H groups in total. The average Bonchev–Trinajstić information content (AvgIpc) is 3.16. The predicted molar refractivity (Wildman–Crippen MR) is 78.5 cm³/mol. The number of rotatable bonds is 5. The molecule has 0 radical (unpaired) electrons. The molecule has 23 heavy (non-hydrogen) atoms. The van der Waals surface area contributed by atoms with Gasteiger partial charge >= 0.3 is 11.9 Å². The second-order valence-corrected chi connectivity index (χ2v) is 5.39. The van der Waals surface area contributed by atoms with Crippen LogP contribution in [-0.2, 0) is 25.5 Å². The summed E-state index contributed by atoms with van der Waals surface area (Å²) in [7, 11) is 0. The molecule has 1 aliphatic heterocycles. The topological polar surface area (TPSA) is 91.5 Å². The maximum absolute atomic E-state index is 11.7. The lowest BCUT2D eigenvalue weighted by atomic mass is 10.2. The van der Waals surface area contributed by atoms with Crippen molar-refractivity contribution in [1.82, 2.24) is 10.1 Å². The standard InChI is InChI=1S/C15H13ClN2O5/c16-10-3-1-9(2-4-10)14-17-12(23-18-14)5-6-13(19)22-11-7-8-21-15(11)20/h1-4,11H,5-8H2/t11-/m0/s1. The van der Waals surface area contributed by atoms with E-state index < -0.39 is 18.0 Å². The molecular weight excluding hydrogens is 324 g/mol. The summed E-state index contributed by atoms with van der Waals surface area (Å²) < 4.78 is 14.9. The Bertz CT molecular complexity index is 713. The van der Waals surface area contributed by atoms with Crippen LogP contribution in [0.15, 0.2) is 28.8 Å².